The first kappa shape index (κ1) is 27.4. The van der Waals surface area contributed by atoms with Gasteiger partial charge < -0.3 is 25.3 Å². The van der Waals surface area contributed by atoms with Crippen LogP contribution in [0, 0.1) is 10.1 Å². The second-order valence-electron chi connectivity index (χ2n) is 9.03. The first-order valence-electron chi connectivity index (χ1n) is 12.2. The summed E-state index contributed by atoms with van der Waals surface area (Å²) in [5, 5.41) is 38.1. The first-order chi connectivity index (χ1) is 18.8. The molecule has 11 heteroatoms. The van der Waals surface area contributed by atoms with Crippen molar-refractivity contribution in [1.82, 2.24) is 10.2 Å². The van der Waals surface area contributed by atoms with E-state index in [1.165, 1.54) is 36.3 Å². The van der Waals surface area contributed by atoms with Gasteiger partial charge in [0.15, 0.2) is 0 Å². The maximum Gasteiger partial charge on any atom is 0.269 e. The standard InChI is InChI=1S/C28H28N4O7/c1-39-30-22-15-25(27(35)29-24(17-33)26(34)20-11-13-23(14-12-20)32(37)38)31(16-22)28(36)21-9-7-19(8-10-21)18-5-3-2-4-6-18/h2-14,24-26,33-34H,15-17H2,1H3,(H,29,35)/b30-22+/t24-,25?,26-/m0/s1. The highest BCUT2D eigenvalue weighted by molar-refractivity contribution is 6.05. The number of hydrogen-bond acceptors (Lipinski definition) is 8. The number of nitrogens with one attached hydrogen (secondary N) is 1. The Morgan fingerprint density at radius 3 is 2.31 bits per heavy atom. The van der Waals surface area contributed by atoms with Gasteiger partial charge in [-0.2, -0.15) is 0 Å². The number of non-ortho nitro benzene ring substituents is 1. The van der Waals surface area contributed by atoms with Gasteiger partial charge in [0, 0.05) is 24.1 Å². The Bertz CT molecular complexity index is 1340. The fourth-order valence-corrected chi connectivity index (χ4v) is 4.48. The van der Waals surface area contributed by atoms with Gasteiger partial charge in [0.2, 0.25) is 5.91 Å². The van der Waals surface area contributed by atoms with Gasteiger partial charge in [-0.3, -0.25) is 19.7 Å². The zero-order chi connectivity index (χ0) is 27.9. The molecule has 3 N–H and O–H groups in total. The molecule has 1 unspecified atom stereocenters. The number of nitro groups is 1. The Hall–Kier alpha value is -4.61. The number of benzene rings is 3. The van der Waals surface area contributed by atoms with E-state index in [4.69, 9.17) is 4.84 Å². The van der Waals surface area contributed by atoms with Crippen LogP contribution in [0.3, 0.4) is 0 Å². The zero-order valence-electron chi connectivity index (χ0n) is 21.1. The van der Waals surface area contributed by atoms with Crippen molar-refractivity contribution >= 4 is 23.2 Å². The molecule has 11 nitrogen and oxygen atoms in total. The molecule has 0 aromatic heterocycles. The largest absolute Gasteiger partial charge is 0.399 e. The Balaban J connectivity index is 1.51. The topological polar surface area (TPSA) is 155 Å². The van der Waals surface area contributed by atoms with Crippen LogP contribution in [0.1, 0.15) is 28.4 Å². The van der Waals surface area contributed by atoms with Crippen LogP contribution in [-0.2, 0) is 9.63 Å². The van der Waals surface area contributed by atoms with E-state index in [9.17, 15) is 29.9 Å². The molecular weight excluding hydrogens is 504 g/mol. The monoisotopic (exact) mass is 532 g/mol. The molecule has 1 aliphatic heterocycles. The molecule has 4 rings (SSSR count). The molecule has 3 atom stereocenters. The maximum atomic E-state index is 13.5. The van der Waals surface area contributed by atoms with Crippen molar-refractivity contribution < 1.29 is 29.6 Å². The van der Waals surface area contributed by atoms with Crippen molar-refractivity contribution in [3.8, 4) is 11.1 Å². The Kier molecular flexibility index (Phi) is 8.64. The average molecular weight is 533 g/mol. The van der Waals surface area contributed by atoms with Gasteiger partial charge in [-0.25, -0.2) is 0 Å². The van der Waals surface area contributed by atoms with Gasteiger partial charge in [0.05, 0.1) is 29.8 Å². The number of aliphatic hydroxyl groups excluding tert-OH is 2. The third-order valence-corrected chi connectivity index (χ3v) is 6.53. The van der Waals surface area contributed by atoms with Crippen LogP contribution in [0.15, 0.2) is 84.0 Å². The van der Waals surface area contributed by atoms with Crippen LogP contribution in [0.25, 0.3) is 11.1 Å². The molecule has 0 aliphatic carbocycles. The van der Waals surface area contributed by atoms with Crippen LogP contribution >= 0.6 is 0 Å². The molecule has 3 aromatic carbocycles. The van der Waals surface area contributed by atoms with Crippen LogP contribution in [-0.4, -0.2) is 69.9 Å². The number of likely N-dealkylation sites (tertiary alicyclic amines) is 1. The average Bonchev–Trinajstić information content (AvgIpc) is 3.40. The molecule has 2 amide bonds. The van der Waals surface area contributed by atoms with Crippen molar-refractivity contribution in [2.24, 2.45) is 5.16 Å². The molecule has 0 bridgehead atoms. The van der Waals surface area contributed by atoms with Crippen molar-refractivity contribution in [3.05, 3.63) is 100 Å². The highest BCUT2D eigenvalue weighted by Gasteiger charge is 2.39. The Labute approximate surface area is 224 Å². The predicted molar refractivity (Wildman–Crippen MR) is 143 cm³/mol. The number of rotatable bonds is 9. The summed E-state index contributed by atoms with van der Waals surface area (Å²) in [5.74, 6) is -0.974. The van der Waals surface area contributed by atoms with Crippen molar-refractivity contribution in [1.29, 1.82) is 0 Å². The number of hydrogen-bond donors (Lipinski definition) is 3. The lowest BCUT2D eigenvalue weighted by Gasteiger charge is -2.27. The van der Waals surface area contributed by atoms with Crippen LogP contribution < -0.4 is 5.32 Å². The number of oxime groups is 1. The number of carbonyl (C=O) groups is 2. The fraction of sp³-hybridized carbons (Fsp3) is 0.250. The number of nitro benzene ring substituents is 1. The second kappa shape index (κ2) is 12.3. The summed E-state index contributed by atoms with van der Waals surface area (Å²) in [5.41, 5.74) is 2.94. The van der Waals surface area contributed by atoms with Gasteiger partial charge in [-0.05, 0) is 41.0 Å². The van der Waals surface area contributed by atoms with E-state index in [2.05, 4.69) is 10.5 Å². The lowest BCUT2D eigenvalue weighted by molar-refractivity contribution is -0.384. The first-order valence-corrected chi connectivity index (χ1v) is 12.2. The molecule has 1 fully saturated rings. The molecule has 202 valence electrons. The molecular formula is C28H28N4O7. The smallest absolute Gasteiger partial charge is 0.269 e. The third kappa shape index (κ3) is 6.28. The maximum absolute atomic E-state index is 13.5. The van der Waals surface area contributed by atoms with E-state index in [0.717, 1.165) is 11.1 Å². The predicted octanol–water partition coefficient (Wildman–Crippen LogP) is 2.69. The third-order valence-electron chi connectivity index (χ3n) is 6.53. The van der Waals surface area contributed by atoms with Crippen molar-refractivity contribution in [2.75, 3.05) is 20.3 Å². The second-order valence-corrected chi connectivity index (χ2v) is 9.03. The summed E-state index contributed by atoms with van der Waals surface area (Å²) in [6.45, 7) is -0.537. The Morgan fingerprint density at radius 2 is 1.72 bits per heavy atom. The van der Waals surface area contributed by atoms with E-state index in [-0.39, 0.29) is 30.1 Å². The van der Waals surface area contributed by atoms with E-state index in [1.807, 2.05) is 42.5 Å². The summed E-state index contributed by atoms with van der Waals surface area (Å²) in [7, 11) is 1.37. The lowest BCUT2D eigenvalue weighted by atomic mass is 10.0. The minimum atomic E-state index is -1.34. The highest BCUT2D eigenvalue weighted by Crippen LogP contribution is 2.25. The molecule has 0 saturated carbocycles. The fourth-order valence-electron chi connectivity index (χ4n) is 4.48. The van der Waals surface area contributed by atoms with Gasteiger partial charge in [-0.15, -0.1) is 0 Å². The molecule has 0 radical (unpaired) electrons. The quantitative estimate of drug-likeness (QED) is 0.283. The summed E-state index contributed by atoms with van der Waals surface area (Å²) >= 11 is 0. The zero-order valence-corrected chi connectivity index (χ0v) is 21.1. The minimum absolute atomic E-state index is 0.0693. The minimum Gasteiger partial charge on any atom is -0.399 e. The summed E-state index contributed by atoms with van der Waals surface area (Å²) in [6.07, 6.45) is -1.23. The van der Waals surface area contributed by atoms with Crippen LogP contribution in [0.5, 0.6) is 0 Å². The number of nitrogens with zero attached hydrogens (tertiary/aromatic N) is 3. The SMILES string of the molecule is CO/N=C1\CC(C(=O)N[C@@H](CO)[C@@H](O)c2ccc([N+](=O)[O-])cc2)N(C(=O)c2ccc(-c3ccccc3)cc2)C1. The summed E-state index contributed by atoms with van der Waals surface area (Å²) in [4.78, 5) is 43.3. The van der Waals surface area contributed by atoms with Crippen molar-refractivity contribution in [2.45, 2.75) is 24.6 Å². The summed E-state index contributed by atoms with van der Waals surface area (Å²) < 4.78 is 0. The number of aliphatic hydroxyl groups is 2. The van der Waals surface area contributed by atoms with Gasteiger partial charge >= 0.3 is 0 Å². The molecule has 1 aliphatic rings. The summed E-state index contributed by atoms with van der Waals surface area (Å²) in [6, 6.07) is 19.8. The van der Waals surface area contributed by atoms with Gasteiger partial charge in [-0.1, -0.05) is 47.6 Å². The van der Waals surface area contributed by atoms with E-state index in [1.54, 1.807) is 12.1 Å². The molecule has 1 heterocycles. The van der Waals surface area contributed by atoms with Gasteiger partial charge in [0.25, 0.3) is 11.6 Å². The number of carbonyl (C=O) groups excluding carboxylic acids is 2. The number of amides is 2. The van der Waals surface area contributed by atoms with Crippen LogP contribution in [0.4, 0.5) is 5.69 Å². The lowest BCUT2D eigenvalue weighted by Crippen LogP contribution is -2.51. The molecule has 3 aromatic rings. The normalized spacial score (nSPS) is 17.5. The van der Waals surface area contributed by atoms with Crippen molar-refractivity contribution in [3.63, 3.8) is 0 Å². The highest BCUT2D eigenvalue weighted by atomic mass is 16.6. The molecule has 0 spiro atoms. The molecule has 1 saturated heterocycles. The van der Waals surface area contributed by atoms with E-state index < -0.39 is 35.6 Å². The van der Waals surface area contributed by atoms with E-state index >= 15 is 0 Å². The molecule has 39 heavy (non-hydrogen) atoms. The van der Waals surface area contributed by atoms with Gasteiger partial charge in [0.1, 0.15) is 19.3 Å². The van der Waals surface area contributed by atoms with Crippen LogP contribution in [0.2, 0.25) is 0 Å². The Morgan fingerprint density at radius 1 is 1.08 bits per heavy atom. The van der Waals surface area contributed by atoms with E-state index in [0.29, 0.717) is 11.3 Å².